The number of amides is 1. The molecular formula is C10H8ClNO2. The quantitative estimate of drug-likeness (QED) is 0.558. The molecule has 0 bridgehead atoms. The van der Waals surface area contributed by atoms with E-state index in [-0.39, 0.29) is 5.91 Å². The summed E-state index contributed by atoms with van der Waals surface area (Å²) in [7, 11) is 0. The summed E-state index contributed by atoms with van der Waals surface area (Å²) in [5, 5.41) is 2.00. The van der Waals surface area contributed by atoms with Crippen LogP contribution in [-0.4, -0.2) is 11.1 Å². The number of hydrogen-bond donors (Lipinski definition) is 1. The van der Waals surface area contributed by atoms with Crippen molar-refractivity contribution in [2.75, 3.05) is 0 Å². The smallest absolute Gasteiger partial charge is 0.238 e. The van der Waals surface area contributed by atoms with Crippen LogP contribution in [0.25, 0.3) is 0 Å². The standard InChI is InChI=1S/C10H8ClNO2/c11-9(13)8-7-4-2-1-3-6(7)5-12-10(8)14/h1-4,8H,5H2,(H,12,14). The molecule has 0 saturated heterocycles. The molecule has 1 heterocycles. The molecule has 1 aromatic rings. The summed E-state index contributed by atoms with van der Waals surface area (Å²) < 4.78 is 0. The van der Waals surface area contributed by atoms with E-state index in [1.54, 1.807) is 12.1 Å². The van der Waals surface area contributed by atoms with E-state index in [9.17, 15) is 9.59 Å². The fraction of sp³-hybridized carbons (Fsp3) is 0.200. The maximum atomic E-state index is 11.4. The zero-order valence-electron chi connectivity index (χ0n) is 7.29. The van der Waals surface area contributed by atoms with Crippen LogP contribution in [0, 0.1) is 0 Å². The molecule has 0 aliphatic carbocycles. The topological polar surface area (TPSA) is 46.2 Å². The first-order chi connectivity index (χ1) is 6.70. The fourth-order valence-electron chi connectivity index (χ4n) is 1.63. The lowest BCUT2D eigenvalue weighted by molar-refractivity contribution is -0.127. The van der Waals surface area contributed by atoms with Crippen molar-refractivity contribution < 1.29 is 9.59 Å². The molecule has 1 aliphatic heterocycles. The van der Waals surface area contributed by atoms with Crippen LogP contribution in [0.15, 0.2) is 24.3 Å². The summed E-state index contributed by atoms with van der Waals surface area (Å²) >= 11 is 5.38. The molecular weight excluding hydrogens is 202 g/mol. The molecule has 0 saturated carbocycles. The highest BCUT2D eigenvalue weighted by Gasteiger charge is 2.31. The second kappa shape index (κ2) is 3.42. The van der Waals surface area contributed by atoms with Crippen LogP contribution >= 0.6 is 11.6 Å². The van der Waals surface area contributed by atoms with Gasteiger partial charge < -0.3 is 5.32 Å². The Labute approximate surface area is 86.1 Å². The Kier molecular flexibility index (Phi) is 2.25. The van der Waals surface area contributed by atoms with Crippen LogP contribution in [0.2, 0.25) is 0 Å². The Morgan fingerprint density at radius 1 is 1.43 bits per heavy atom. The number of carbonyl (C=O) groups excluding carboxylic acids is 2. The first kappa shape index (κ1) is 9.21. The van der Waals surface area contributed by atoms with Gasteiger partial charge in [-0.15, -0.1) is 0 Å². The molecule has 1 aromatic carbocycles. The van der Waals surface area contributed by atoms with E-state index in [1.807, 2.05) is 12.1 Å². The largest absolute Gasteiger partial charge is 0.351 e. The number of fused-ring (bicyclic) bond motifs is 1. The lowest BCUT2D eigenvalue weighted by Crippen LogP contribution is -2.37. The molecule has 1 amide bonds. The molecule has 1 atom stereocenters. The van der Waals surface area contributed by atoms with Crippen LogP contribution in [0.4, 0.5) is 0 Å². The highest BCUT2D eigenvalue weighted by molar-refractivity contribution is 6.66. The van der Waals surface area contributed by atoms with Crippen LogP contribution in [-0.2, 0) is 16.1 Å². The minimum Gasteiger partial charge on any atom is -0.351 e. The van der Waals surface area contributed by atoms with Gasteiger partial charge in [0.25, 0.3) is 0 Å². The Bertz CT molecular complexity index is 403. The summed E-state index contributed by atoms with van der Waals surface area (Å²) in [4.78, 5) is 22.5. The van der Waals surface area contributed by atoms with Gasteiger partial charge in [-0.3, -0.25) is 9.59 Å². The number of hydrogen-bond acceptors (Lipinski definition) is 2. The number of halogens is 1. The highest BCUT2D eigenvalue weighted by Crippen LogP contribution is 2.26. The number of rotatable bonds is 1. The van der Waals surface area contributed by atoms with Gasteiger partial charge in [0.2, 0.25) is 11.1 Å². The highest BCUT2D eigenvalue weighted by atomic mass is 35.5. The van der Waals surface area contributed by atoms with Gasteiger partial charge >= 0.3 is 0 Å². The van der Waals surface area contributed by atoms with E-state index in [0.717, 1.165) is 11.1 Å². The van der Waals surface area contributed by atoms with Gasteiger partial charge in [-0.05, 0) is 22.7 Å². The van der Waals surface area contributed by atoms with Crippen molar-refractivity contribution in [2.45, 2.75) is 12.5 Å². The lowest BCUT2D eigenvalue weighted by Gasteiger charge is -2.22. The fourth-order valence-corrected chi connectivity index (χ4v) is 1.84. The maximum Gasteiger partial charge on any atom is 0.238 e. The molecule has 0 fully saturated rings. The van der Waals surface area contributed by atoms with E-state index in [4.69, 9.17) is 11.6 Å². The Morgan fingerprint density at radius 3 is 2.86 bits per heavy atom. The third-order valence-corrected chi connectivity index (χ3v) is 2.53. The molecule has 0 radical (unpaired) electrons. The summed E-state index contributed by atoms with van der Waals surface area (Å²) in [5.41, 5.74) is 1.67. The van der Waals surface area contributed by atoms with Crippen molar-refractivity contribution in [3.05, 3.63) is 35.4 Å². The Balaban J connectivity index is 2.51. The van der Waals surface area contributed by atoms with Crippen molar-refractivity contribution in [1.82, 2.24) is 5.32 Å². The van der Waals surface area contributed by atoms with Gasteiger partial charge in [0.15, 0.2) is 0 Å². The van der Waals surface area contributed by atoms with E-state index < -0.39 is 11.2 Å². The molecule has 4 heteroatoms. The van der Waals surface area contributed by atoms with Gasteiger partial charge in [-0.2, -0.15) is 0 Å². The Morgan fingerprint density at radius 2 is 2.14 bits per heavy atom. The maximum absolute atomic E-state index is 11.4. The predicted molar refractivity (Wildman–Crippen MR) is 51.9 cm³/mol. The summed E-state index contributed by atoms with van der Waals surface area (Å²) in [6, 6.07) is 7.30. The molecule has 0 aromatic heterocycles. The molecule has 2 rings (SSSR count). The van der Waals surface area contributed by atoms with E-state index in [2.05, 4.69) is 5.32 Å². The first-order valence-electron chi connectivity index (χ1n) is 4.25. The normalized spacial score (nSPS) is 19.8. The third kappa shape index (κ3) is 1.40. The average molecular weight is 210 g/mol. The molecule has 1 aliphatic rings. The van der Waals surface area contributed by atoms with Gasteiger partial charge in [0.05, 0.1) is 0 Å². The van der Waals surface area contributed by atoms with E-state index >= 15 is 0 Å². The van der Waals surface area contributed by atoms with Crippen LogP contribution < -0.4 is 5.32 Å². The zero-order valence-corrected chi connectivity index (χ0v) is 8.04. The Hall–Kier alpha value is -1.35. The molecule has 72 valence electrons. The predicted octanol–water partition coefficient (Wildman–Crippen LogP) is 1.17. The van der Waals surface area contributed by atoms with Crippen molar-refractivity contribution in [2.24, 2.45) is 0 Å². The van der Waals surface area contributed by atoms with Gasteiger partial charge in [0, 0.05) is 6.54 Å². The van der Waals surface area contributed by atoms with Crippen LogP contribution in [0.5, 0.6) is 0 Å². The van der Waals surface area contributed by atoms with Gasteiger partial charge in [0.1, 0.15) is 5.92 Å². The van der Waals surface area contributed by atoms with Gasteiger partial charge in [-0.1, -0.05) is 24.3 Å². The third-order valence-electron chi connectivity index (χ3n) is 2.31. The molecule has 1 unspecified atom stereocenters. The lowest BCUT2D eigenvalue weighted by atomic mass is 9.91. The molecule has 1 N–H and O–H groups in total. The number of benzene rings is 1. The summed E-state index contributed by atoms with van der Waals surface area (Å²) in [6.07, 6.45) is 0. The van der Waals surface area contributed by atoms with Crippen molar-refractivity contribution in [3.63, 3.8) is 0 Å². The summed E-state index contributed by atoms with van der Waals surface area (Å²) in [6.45, 7) is 0.468. The number of carbonyl (C=O) groups is 2. The number of nitrogens with one attached hydrogen (secondary N) is 1. The first-order valence-corrected chi connectivity index (χ1v) is 4.63. The average Bonchev–Trinajstić information content (AvgIpc) is 2.17. The minimum absolute atomic E-state index is 0.316. The molecule has 3 nitrogen and oxygen atoms in total. The van der Waals surface area contributed by atoms with E-state index in [0.29, 0.717) is 6.54 Å². The molecule has 14 heavy (non-hydrogen) atoms. The summed E-state index contributed by atoms with van der Waals surface area (Å²) in [5.74, 6) is -1.16. The van der Waals surface area contributed by atoms with Crippen LogP contribution in [0.3, 0.4) is 0 Å². The minimum atomic E-state index is -0.846. The van der Waals surface area contributed by atoms with Crippen LogP contribution in [0.1, 0.15) is 17.0 Å². The van der Waals surface area contributed by atoms with Crippen molar-refractivity contribution >= 4 is 22.8 Å². The van der Waals surface area contributed by atoms with Gasteiger partial charge in [-0.25, -0.2) is 0 Å². The SMILES string of the molecule is O=C(Cl)C1C(=O)NCc2ccccc21. The van der Waals surface area contributed by atoms with E-state index in [1.165, 1.54) is 0 Å². The monoisotopic (exact) mass is 209 g/mol. The van der Waals surface area contributed by atoms with Crippen molar-refractivity contribution in [3.8, 4) is 0 Å². The zero-order chi connectivity index (χ0) is 10.1. The molecule has 0 spiro atoms. The second-order valence-electron chi connectivity index (χ2n) is 3.15. The second-order valence-corrected chi connectivity index (χ2v) is 3.53. The van der Waals surface area contributed by atoms with Crippen molar-refractivity contribution in [1.29, 1.82) is 0 Å².